The Bertz CT molecular complexity index is 522. The van der Waals surface area contributed by atoms with Crippen LogP contribution in [0.1, 0.15) is 52.2 Å². The average Bonchev–Trinajstić information content (AvgIpc) is 3.17. The largest absolute Gasteiger partial charge is 0.481 e. The molecule has 0 unspecified atom stereocenters. The SMILES string of the molecule is O=C(NCC1(C(=O)O)CC1)c1cc2c(s1)CCCCC2. The standard InChI is InChI=1S/C15H19NO3S/c17-13(16-9-15(6-7-15)14(18)19)12-8-10-4-2-1-3-5-11(10)20-12/h8H,1-7,9H2,(H,16,17)(H,18,19). The first-order chi connectivity index (χ1) is 9.61. The highest BCUT2D eigenvalue weighted by atomic mass is 32.1. The molecule has 108 valence electrons. The summed E-state index contributed by atoms with van der Waals surface area (Å²) in [6.45, 7) is 0.254. The van der Waals surface area contributed by atoms with Crippen molar-refractivity contribution in [3.63, 3.8) is 0 Å². The van der Waals surface area contributed by atoms with Gasteiger partial charge < -0.3 is 10.4 Å². The van der Waals surface area contributed by atoms with Gasteiger partial charge in [-0.05, 0) is 50.2 Å². The molecule has 0 aliphatic heterocycles. The Labute approximate surface area is 122 Å². The summed E-state index contributed by atoms with van der Waals surface area (Å²) in [5.74, 6) is -0.907. The van der Waals surface area contributed by atoms with Crippen molar-refractivity contribution < 1.29 is 14.7 Å². The van der Waals surface area contributed by atoms with E-state index in [1.54, 1.807) is 11.3 Å². The van der Waals surface area contributed by atoms with Crippen LogP contribution in [0.3, 0.4) is 0 Å². The summed E-state index contributed by atoms with van der Waals surface area (Å²) in [5, 5.41) is 11.9. The minimum Gasteiger partial charge on any atom is -0.481 e. The molecule has 2 aliphatic carbocycles. The fourth-order valence-electron chi connectivity index (χ4n) is 2.73. The van der Waals surface area contributed by atoms with Crippen molar-refractivity contribution in [2.24, 2.45) is 5.41 Å². The molecule has 3 rings (SSSR count). The lowest BCUT2D eigenvalue weighted by Crippen LogP contribution is -2.33. The fraction of sp³-hybridized carbons (Fsp3) is 0.600. The normalized spacial score (nSPS) is 19.8. The molecular formula is C15H19NO3S. The monoisotopic (exact) mass is 293 g/mol. The first kappa shape index (κ1) is 13.6. The Balaban J connectivity index is 1.64. The molecule has 5 heteroatoms. The van der Waals surface area contributed by atoms with Crippen molar-refractivity contribution in [3.8, 4) is 0 Å². The number of fused-ring (bicyclic) bond motifs is 1. The molecular weight excluding hydrogens is 274 g/mol. The van der Waals surface area contributed by atoms with Gasteiger partial charge >= 0.3 is 5.97 Å². The Morgan fingerprint density at radius 2 is 2.00 bits per heavy atom. The predicted molar refractivity (Wildman–Crippen MR) is 77.2 cm³/mol. The van der Waals surface area contributed by atoms with Crippen LogP contribution in [0.25, 0.3) is 0 Å². The third-order valence-corrected chi connectivity index (χ3v) is 5.60. The van der Waals surface area contributed by atoms with Gasteiger partial charge in [0.1, 0.15) is 0 Å². The van der Waals surface area contributed by atoms with Crippen LogP contribution in [-0.2, 0) is 17.6 Å². The molecule has 0 bridgehead atoms. The van der Waals surface area contributed by atoms with Gasteiger partial charge in [0.2, 0.25) is 0 Å². The molecule has 0 radical (unpaired) electrons. The molecule has 0 atom stereocenters. The topological polar surface area (TPSA) is 66.4 Å². The minimum atomic E-state index is -0.792. The summed E-state index contributed by atoms with van der Waals surface area (Å²) >= 11 is 1.58. The van der Waals surface area contributed by atoms with Crippen molar-refractivity contribution in [2.45, 2.75) is 44.9 Å². The summed E-state index contributed by atoms with van der Waals surface area (Å²) in [4.78, 5) is 25.3. The molecule has 1 saturated carbocycles. The van der Waals surface area contributed by atoms with E-state index in [0.29, 0.717) is 12.8 Å². The number of carbonyl (C=O) groups is 2. The van der Waals surface area contributed by atoms with Gasteiger partial charge in [-0.2, -0.15) is 0 Å². The average molecular weight is 293 g/mol. The van der Waals surface area contributed by atoms with Gasteiger partial charge in [-0.25, -0.2) is 0 Å². The van der Waals surface area contributed by atoms with Crippen molar-refractivity contribution in [3.05, 3.63) is 21.4 Å². The number of rotatable bonds is 4. The molecule has 0 spiro atoms. The number of thiophene rings is 1. The van der Waals surface area contributed by atoms with Crippen LogP contribution < -0.4 is 5.32 Å². The van der Waals surface area contributed by atoms with Gasteiger partial charge in [0.25, 0.3) is 5.91 Å². The molecule has 1 fully saturated rings. The van der Waals surface area contributed by atoms with Gasteiger partial charge in [0.05, 0.1) is 10.3 Å². The maximum absolute atomic E-state index is 12.2. The Hall–Kier alpha value is -1.36. The number of hydrogen-bond donors (Lipinski definition) is 2. The smallest absolute Gasteiger partial charge is 0.311 e. The first-order valence-electron chi connectivity index (χ1n) is 7.24. The summed E-state index contributed by atoms with van der Waals surface area (Å²) in [5.41, 5.74) is 0.626. The molecule has 4 nitrogen and oxygen atoms in total. The van der Waals surface area contributed by atoms with E-state index in [-0.39, 0.29) is 12.5 Å². The Morgan fingerprint density at radius 1 is 1.25 bits per heavy atom. The Morgan fingerprint density at radius 3 is 2.70 bits per heavy atom. The van der Waals surface area contributed by atoms with Gasteiger partial charge in [0.15, 0.2) is 0 Å². The zero-order valence-corrected chi connectivity index (χ0v) is 12.2. The molecule has 1 heterocycles. The summed E-state index contributed by atoms with van der Waals surface area (Å²) in [6, 6.07) is 2.00. The van der Waals surface area contributed by atoms with Crippen LogP contribution in [0, 0.1) is 5.41 Å². The van der Waals surface area contributed by atoms with Gasteiger partial charge in [-0.1, -0.05) is 6.42 Å². The predicted octanol–water partition coefficient (Wildman–Crippen LogP) is 2.61. The molecule has 1 amide bonds. The van der Waals surface area contributed by atoms with Crippen LogP contribution in [0.2, 0.25) is 0 Å². The second-order valence-electron chi connectivity index (χ2n) is 5.89. The lowest BCUT2D eigenvalue weighted by molar-refractivity contribution is -0.143. The fourth-order valence-corrected chi connectivity index (χ4v) is 3.90. The molecule has 2 N–H and O–H groups in total. The first-order valence-corrected chi connectivity index (χ1v) is 8.06. The second-order valence-corrected chi connectivity index (χ2v) is 7.02. The van der Waals surface area contributed by atoms with E-state index in [0.717, 1.165) is 17.7 Å². The number of carbonyl (C=O) groups excluding carboxylic acids is 1. The number of carboxylic acids is 1. The summed E-state index contributed by atoms with van der Waals surface area (Å²) in [7, 11) is 0. The van der Waals surface area contributed by atoms with Crippen LogP contribution in [0.5, 0.6) is 0 Å². The zero-order chi connectivity index (χ0) is 14.2. The highest BCUT2D eigenvalue weighted by Crippen LogP contribution is 2.45. The maximum atomic E-state index is 12.2. The summed E-state index contributed by atoms with van der Waals surface area (Å²) in [6.07, 6.45) is 7.16. The van der Waals surface area contributed by atoms with Crippen LogP contribution in [0.4, 0.5) is 0 Å². The Kier molecular flexibility index (Phi) is 3.54. The van der Waals surface area contributed by atoms with E-state index in [9.17, 15) is 9.59 Å². The zero-order valence-electron chi connectivity index (χ0n) is 11.4. The maximum Gasteiger partial charge on any atom is 0.311 e. The van der Waals surface area contributed by atoms with Gasteiger partial charge in [0, 0.05) is 11.4 Å². The van der Waals surface area contributed by atoms with Crippen molar-refractivity contribution in [2.75, 3.05) is 6.54 Å². The number of aryl methyl sites for hydroxylation is 2. The van der Waals surface area contributed by atoms with E-state index < -0.39 is 11.4 Å². The molecule has 2 aliphatic rings. The van der Waals surface area contributed by atoms with Gasteiger partial charge in [-0.3, -0.25) is 9.59 Å². The third kappa shape index (κ3) is 2.59. The molecule has 20 heavy (non-hydrogen) atoms. The summed E-state index contributed by atoms with van der Waals surface area (Å²) < 4.78 is 0. The highest BCUT2D eigenvalue weighted by molar-refractivity contribution is 7.14. The van der Waals surface area contributed by atoms with E-state index in [1.165, 1.54) is 29.7 Å². The molecule has 0 saturated heterocycles. The molecule has 0 aromatic carbocycles. The van der Waals surface area contributed by atoms with Gasteiger partial charge in [-0.15, -0.1) is 11.3 Å². The van der Waals surface area contributed by atoms with E-state index in [2.05, 4.69) is 5.32 Å². The van der Waals surface area contributed by atoms with E-state index in [4.69, 9.17) is 5.11 Å². The quantitative estimate of drug-likeness (QED) is 0.839. The molecule has 1 aromatic rings. The van der Waals surface area contributed by atoms with Crippen molar-refractivity contribution in [1.82, 2.24) is 5.32 Å². The number of carboxylic acid groups (broad SMARTS) is 1. The van der Waals surface area contributed by atoms with Crippen LogP contribution >= 0.6 is 11.3 Å². The van der Waals surface area contributed by atoms with Crippen molar-refractivity contribution >= 4 is 23.2 Å². The van der Waals surface area contributed by atoms with Crippen LogP contribution in [-0.4, -0.2) is 23.5 Å². The number of hydrogen-bond acceptors (Lipinski definition) is 3. The number of aliphatic carboxylic acids is 1. The third-order valence-electron chi connectivity index (χ3n) is 4.36. The van der Waals surface area contributed by atoms with Crippen molar-refractivity contribution in [1.29, 1.82) is 0 Å². The lowest BCUT2D eigenvalue weighted by Gasteiger charge is -2.10. The highest BCUT2D eigenvalue weighted by Gasteiger charge is 2.50. The minimum absolute atomic E-state index is 0.115. The van der Waals surface area contributed by atoms with E-state index in [1.807, 2.05) is 6.07 Å². The molecule has 1 aromatic heterocycles. The number of nitrogens with one attached hydrogen (secondary N) is 1. The lowest BCUT2D eigenvalue weighted by atomic mass is 10.1. The second kappa shape index (κ2) is 5.20. The van der Waals surface area contributed by atoms with Crippen LogP contribution in [0.15, 0.2) is 6.07 Å². The number of amides is 1. The van der Waals surface area contributed by atoms with E-state index >= 15 is 0 Å².